The lowest BCUT2D eigenvalue weighted by Crippen LogP contribution is -2.22. The van der Waals surface area contributed by atoms with E-state index in [1.54, 1.807) is 0 Å². The van der Waals surface area contributed by atoms with Gasteiger partial charge in [-0.15, -0.1) is 11.3 Å². The SMILES string of the molecule is CCNC(CCC1CCCCC1)c1cc(Cl)sc1Cl. The van der Waals surface area contributed by atoms with E-state index in [9.17, 15) is 0 Å². The molecule has 1 N–H and O–H groups in total. The standard InChI is InChI=1S/C15H23Cl2NS/c1-2-18-13(12-10-14(16)19-15(12)17)9-8-11-6-4-3-5-7-11/h10-11,13,18H,2-9H2,1H3. The van der Waals surface area contributed by atoms with Crippen molar-refractivity contribution in [3.63, 3.8) is 0 Å². The highest BCUT2D eigenvalue weighted by molar-refractivity contribution is 7.20. The van der Waals surface area contributed by atoms with Crippen molar-refractivity contribution in [3.05, 3.63) is 20.3 Å². The van der Waals surface area contributed by atoms with Crippen LogP contribution in [0.15, 0.2) is 6.07 Å². The lowest BCUT2D eigenvalue weighted by Gasteiger charge is -2.24. The van der Waals surface area contributed by atoms with Gasteiger partial charge >= 0.3 is 0 Å². The van der Waals surface area contributed by atoms with Crippen LogP contribution in [-0.4, -0.2) is 6.54 Å². The third-order valence-electron chi connectivity index (χ3n) is 4.10. The molecule has 0 spiro atoms. The summed E-state index contributed by atoms with van der Waals surface area (Å²) in [4.78, 5) is 0. The summed E-state index contributed by atoms with van der Waals surface area (Å²) in [5.41, 5.74) is 1.19. The molecule has 1 unspecified atom stereocenters. The highest BCUT2D eigenvalue weighted by atomic mass is 35.5. The third-order valence-corrected chi connectivity index (χ3v) is 5.62. The van der Waals surface area contributed by atoms with Crippen molar-refractivity contribution in [2.24, 2.45) is 5.92 Å². The first-order valence-corrected chi connectivity index (χ1v) is 8.96. The normalized spacial score (nSPS) is 18.7. The molecule has 4 heteroatoms. The van der Waals surface area contributed by atoms with Gasteiger partial charge in [0.1, 0.15) is 0 Å². The number of hydrogen-bond donors (Lipinski definition) is 1. The quantitative estimate of drug-likeness (QED) is 0.671. The topological polar surface area (TPSA) is 12.0 Å². The predicted octanol–water partition coefficient (Wildman–Crippen LogP) is 6.07. The molecular weight excluding hydrogens is 297 g/mol. The van der Waals surface area contributed by atoms with Crippen LogP contribution in [0.3, 0.4) is 0 Å². The zero-order valence-corrected chi connectivity index (χ0v) is 13.9. The second-order valence-corrected chi connectivity index (χ2v) is 7.76. The maximum absolute atomic E-state index is 6.29. The van der Waals surface area contributed by atoms with Gasteiger partial charge < -0.3 is 5.32 Å². The lowest BCUT2D eigenvalue weighted by atomic mass is 9.84. The van der Waals surface area contributed by atoms with E-state index >= 15 is 0 Å². The minimum Gasteiger partial charge on any atom is -0.310 e. The van der Waals surface area contributed by atoms with E-state index in [0.717, 1.165) is 21.1 Å². The van der Waals surface area contributed by atoms with E-state index in [1.165, 1.54) is 61.8 Å². The summed E-state index contributed by atoms with van der Waals surface area (Å²) in [5, 5.41) is 3.56. The molecule has 0 radical (unpaired) electrons. The van der Waals surface area contributed by atoms with Crippen molar-refractivity contribution in [3.8, 4) is 0 Å². The average Bonchev–Trinajstić information content (AvgIpc) is 2.75. The van der Waals surface area contributed by atoms with E-state index < -0.39 is 0 Å². The summed E-state index contributed by atoms with van der Waals surface area (Å²) in [5.74, 6) is 0.919. The van der Waals surface area contributed by atoms with Crippen LogP contribution in [0, 0.1) is 5.92 Å². The van der Waals surface area contributed by atoms with E-state index in [2.05, 4.69) is 12.2 Å². The zero-order valence-electron chi connectivity index (χ0n) is 11.6. The Balaban J connectivity index is 1.93. The summed E-state index contributed by atoms with van der Waals surface area (Å²) in [6, 6.07) is 2.39. The number of rotatable bonds is 6. The van der Waals surface area contributed by atoms with Crippen molar-refractivity contribution < 1.29 is 0 Å². The van der Waals surface area contributed by atoms with Crippen molar-refractivity contribution in [1.29, 1.82) is 0 Å². The summed E-state index contributed by atoms with van der Waals surface area (Å²) in [6.45, 7) is 3.12. The molecule has 1 nitrogen and oxygen atoms in total. The fourth-order valence-electron chi connectivity index (χ4n) is 3.08. The fourth-order valence-corrected chi connectivity index (χ4v) is 4.66. The number of halogens is 2. The molecule has 1 saturated carbocycles. The van der Waals surface area contributed by atoms with Crippen LogP contribution in [0.1, 0.15) is 63.5 Å². The number of hydrogen-bond acceptors (Lipinski definition) is 2. The maximum atomic E-state index is 6.29. The largest absolute Gasteiger partial charge is 0.310 e. The maximum Gasteiger partial charge on any atom is 0.0991 e. The van der Waals surface area contributed by atoms with Gasteiger partial charge in [0.25, 0.3) is 0 Å². The third kappa shape index (κ3) is 4.63. The van der Waals surface area contributed by atoms with Gasteiger partial charge in [0.2, 0.25) is 0 Å². The smallest absolute Gasteiger partial charge is 0.0991 e. The second kappa shape index (κ2) is 7.87. The molecule has 1 atom stereocenters. The summed E-state index contributed by atoms with van der Waals surface area (Å²) < 4.78 is 1.64. The van der Waals surface area contributed by atoms with Gasteiger partial charge in [0.05, 0.1) is 8.67 Å². The zero-order chi connectivity index (χ0) is 13.7. The van der Waals surface area contributed by atoms with Crippen molar-refractivity contribution in [1.82, 2.24) is 5.32 Å². The van der Waals surface area contributed by atoms with E-state index in [1.807, 2.05) is 6.07 Å². The number of nitrogens with one attached hydrogen (secondary N) is 1. The summed E-state index contributed by atoms with van der Waals surface area (Å²) in [7, 11) is 0. The first-order valence-electron chi connectivity index (χ1n) is 7.38. The average molecular weight is 320 g/mol. The molecule has 1 aliphatic carbocycles. The number of thiophene rings is 1. The molecule has 0 bridgehead atoms. The molecule has 1 fully saturated rings. The fraction of sp³-hybridized carbons (Fsp3) is 0.733. The Labute approximate surface area is 130 Å². The van der Waals surface area contributed by atoms with Crippen LogP contribution < -0.4 is 5.32 Å². The Hall–Kier alpha value is 0.240. The second-order valence-electron chi connectivity index (χ2n) is 5.47. The van der Waals surface area contributed by atoms with Gasteiger partial charge in [-0.1, -0.05) is 62.2 Å². The molecule has 1 aromatic rings. The van der Waals surface area contributed by atoms with Gasteiger partial charge in [-0.25, -0.2) is 0 Å². The molecule has 0 aromatic carbocycles. The Morgan fingerprint density at radius 2 is 2.05 bits per heavy atom. The first-order chi connectivity index (χ1) is 9.20. The predicted molar refractivity (Wildman–Crippen MR) is 86.6 cm³/mol. The Bertz CT molecular complexity index is 385. The lowest BCUT2D eigenvalue weighted by molar-refractivity contribution is 0.315. The monoisotopic (exact) mass is 319 g/mol. The van der Waals surface area contributed by atoms with E-state index in [-0.39, 0.29) is 0 Å². The van der Waals surface area contributed by atoms with Gasteiger partial charge in [-0.2, -0.15) is 0 Å². The van der Waals surface area contributed by atoms with Crippen LogP contribution in [-0.2, 0) is 0 Å². The van der Waals surface area contributed by atoms with Crippen molar-refractivity contribution >= 4 is 34.5 Å². The molecular formula is C15H23Cl2NS. The summed E-state index contributed by atoms with van der Waals surface area (Å²) in [6.07, 6.45) is 9.57. The minimum absolute atomic E-state index is 0.364. The highest BCUT2D eigenvalue weighted by Crippen LogP contribution is 2.38. The molecule has 0 saturated heterocycles. The molecule has 0 aliphatic heterocycles. The van der Waals surface area contributed by atoms with Gasteiger partial charge in [0.15, 0.2) is 0 Å². The van der Waals surface area contributed by atoms with Crippen LogP contribution in [0.4, 0.5) is 0 Å². The Morgan fingerprint density at radius 1 is 1.32 bits per heavy atom. The van der Waals surface area contributed by atoms with Crippen LogP contribution >= 0.6 is 34.5 Å². The van der Waals surface area contributed by atoms with E-state index in [4.69, 9.17) is 23.2 Å². The molecule has 1 heterocycles. The van der Waals surface area contributed by atoms with Gasteiger partial charge in [-0.3, -0.25) is 0 Å². The van der Waals surface area contributed by atoms with Crippen LogP contribution in [0.25, 0.3) is 0 Å². The molecule has 0 amide bonds. The molecule has 19 heavy (non-hydrogen) atoms. The van der Waals surface area contributed by atoms with Gasteiger partial charge in [-0.05, 0) is 31.4 Å². The Kier molecular flexibility index (Phi) is 6.48. The molecule has 1 aromatic heterocycles. The van der Waals surface area contributed by atoms with Gasteiger partial charge in [0, 0.05) is 11.6 Å². The molecule has 108 valence electrons. The van der Waals surface area contributed by atoms with E-state index in [0.29, 0.717) is 6.04 Å². The Morgan fingerprint density at radius 3 is 2.63 bits per heavy atom. The highest BCUT2D eigenvalue weighted by Gasteiger charge is 2.20. The first kappa shape index (κ1) is 15.6. The molecule has 1 aliphatic rings. The van der Waals surface area contributed by atoms with Crippen molar-refractivity contribution in [2.45, 2.75) is 57.9 Å². The van der Waals surface area contributed by atoms with Crippen LogP contribution in [0.2, 0.25) is 8.67 Å². The molecule has 2 rings (SSSR count). The minimum atomic E-state index is 0.364. The van der Waals surface area contributed by atoms with Crippen molar-refractivity contribution in [2.75, 3.05) is 6.54 Å². The summed E-state index contributed by atoms with van der Waals surface area (Å²) >= 11 is 13.8. The van der Waals surface area contributed by atoms with Crippen LogP contribution in [0.5, 0.6) is 0 Å².